The molecule has 2 saturated heterocycles. The maximum absolute atomic E-state index is 12.2. The molecular weight excluding hydrogens is 364 g/mol. The molecule has 0 N–H and O–H groups in total. The summed E-state index contributed by atoms with van der Waals surface area (Å²) < 4.78 is 47.0. The summed E-state index contributed by atoms with van der Waals surface area (Å²) in [6.45, 7) is 3.76. The molecule has 0 aromatic carbocycles. The molecule has 2 aliphatic heterocycles. The lowest BCUT2D eigenvalue weighted by Gasteiger charge is -2.27. The molecule has 0 aromatic heterocycles. The fourth-order valence-corrected chi connectivity index (χ4v) is 4.99. The van der Waals surface area contributed by atoms with Crippen molar-refractivity contribution in [1.29, 1.82) is 0 Å². The number of rotatable bonds is 11. The average molecular weight is 397 g/mol. The Morgan fingerprint density at radius 2 is 1.68 bits per heavy atom. The largest absolute Gasteiger partial charge is 0.353 e. The first-order valence-corrected chi connectivity index (χ1v) is 12.3. The third kappa shape index (κ3) is 8.58. The minimum atomic E-state index is -1.08. The van der Waals surface area contributed by atoms with Gasteiger partial charge in [0.15, 0.2) is 12.6 Å². The van der Waals surface area contributed by atoms with Crippen LogP contribution >= 0.6 is 0 Å². The molecule has 5 unspecified atom stereocenters. The van der Waals surface area contributed by atoms with E-state index in [2.05, 4.69) is 0 Å². The first-order chi connectivity index (χ1) is 12.2. The van der Waals surface area contributed by atoms with Gasteiger partial charge in [-0.2, -0.15) is 0 Å². The van der Waals surface area contributed by atoms with Gasteiger partial charge in [-0.15, -0.1) is 0 Å². The van der Waals surface area contributed by atoms with Crippen LogP contribution in [0.1, 0.15) is 51.9 Å². The normalized spacial score (nSPS) is 28.4. The van der Waals surface area contributed by atoms with Gasteiger partial charge in [0, 0.05) is 41.3 Å². The van der Waals surface area contributed by atoms with Crippen LogP contribution < -0.4 is 0 Å². The lowest BCUT2D eigenvalue weighted by molar-refractivity contribution is -0.170. The summed E-state index contributed by atoms with van der Waals surface area (Å²) >= 11 is 0. The molecule has 2 fully saturated rings. The van der Waals surface area contributed by atoms with Crippen LogP contribution in [0.25, 0.3) is 0 Å². The fourth-order valence-electron chi connectivity index (χ4n) is 2.88. The summed E-state index contributed by atoms with van der Waals surface area (Å²) in [7, 11) is -2.09. The van der Waals surface area contributed by atoms with Crippen LogP contribution in [0, 0.1) is 0 Å². The standard InChI is InChI=1S/C17H32O6S2/c1-2-25(19)17(23-16-8-4-6-11-21-16)9-13-24(18)14-12-22-15-7-3-5-10-20-15/h15-17H,2-14H2,1H3. The smallest absolute Gasteiger partial charge is 0.159 e. The van der Waals surface area contributed by atoms with Gasteiger partial charge in [0.2, 0.25) is 0 Å². The summed E-state index contributed by atoms with van der Waals surface area (Å²) in [6.07, 6.45) is 6.21. The van der Waals surface area contributed by atoms with E-state index in [1.807, 2.05) is 6.92 Å². The summed E-state index contributed by atoms with van der Waals surface area (Å²) in [5.74, 6) is 1.48. The number of ether oxygens (including phenoxy) is 4. The predicted octanol–water partition coefficient (Wildman–Crippen LogP) is 2.31. The molecule has 2 heterocycles. The minimum Gasteiger partial charge on any atom is -0.353 e. The van der Waals surface area contributed by atoms with Crippen LogP contribution in [0.2, 0.25) is 0 Å². The van der Waals surface area contributed by atoms with Crippen molar-refractivity contribution >= 4 is 21.6 Å². The molecule has 0 saturated carbocycles. The van der Waals surface area contributed by atoms with Crippen molar-refractivity contribution in [1.82, 2.24) is 0 Å². The van der Waals surface area contributed by atoms with Gasteiger partial charge >= 0.3 is 0 Å². The molecule has 8 heteroatoms. The molecule has 0 bridgehead atoms. The summed E-state index contributed by atoms with van der Waals surface area (Å²) in [5.41, 5.74) is -0.403. The molecular formula is C17H32O6S2. The van der Waals surface area contributed by atoms with Crippen molar-refractivity contribution in [2.75, 3.05) is 37.1 Å². The molecule has 0 aliphatic carbocycles. The van der Waals surface area contributed by atoms with Gasteiger partial charge in [0.25, 0.3) is 0 Å². The van der Waals surface area contributed by atoms with Crippen LogP contribution in [0.3, 0.4) is 0 Å². The van der Waals surface area contributed by atoms with Crippen LogP contribution in [0.4, 0.5) is 0 Å². The molecule has 0 aromatic rings. The van der Waals surface area contributed by atoms with E-state index >= 15 is 0 Å². The van der Waals surface area contributed by atoms with Gasteiger partial charge in [-0.1, -0.05) is 6.92 Å². The SMILES string of the molecule is CCS(=O)C(CCS(=O)CCOC1CCCCO1)OC1CCCCO1. The van der Waals surface area contributed by atoms with Crippen molar-refractivity contribution < 1.29 is 27.4 Å². The third-order valence-electron chi connectivity index (χ3n) is 4.35. The molecule has 2 aliphatic rings. The van der Waals surface area contributed by atoms with Gasteiger partial charge < -0.3 is 18.9 Å². The Hall–Kier alpha value is 0.140. The zero-order valence-electron chi connectivity index (χ0n) is 15.2. The quantitative estimate of drug-likeness (QED) is 0.534. The second kappa shape index (κ2) is 12.5. The van der Waals surface area contributed by atoms with Crippen molar-refractivity contribution in [3.8, 4) is 0 Å². The average Bonchev–Trinajstić information content (AvgIpc) is 2.66. The van der Waals surface area contributed by atoms with Crippen LogP contribution in [-0.2, 0) is 40.5 Å². The van der Waals surface area contributed by atoms with Crippen molar-refractivity contribution in [3.05, 3.63) is 0 Å². The number of hydrogen-bond donors (Lipinski definition) is 0. The highest BCUT2D eigenvalue weighted by Crippen LogP contribution is 2.19. The molecule has 6 nitrogen and oxygen atoms in total. The highest BCUT2D eigenvalue weighted by atomic mass is 32.2. The number of hydrogen-bond acceptors (Lipinski definition) is 6. The minimum absolute atomic E-state index is 0.141. The maximum atomic E-state index is 12.2. The Labute approximate surface area is 156 Å². The maximum Gasteiger partial charge on any atom is 0.159 e. The Bertz CT molecular complexity index is 408. The van der Waals surface area contributed by atoms with Gasteiger partial charge in [0.05, 0.1) is 17.4 Å². The highest BCUT2D eigenvalue weighted by molar-refractivity contribution is 7.86. The third-order valence-corrected chi connectivity index (χ3v) is 7.17. The zero-order valence-corrected chi connectivity index (χ0v) is 16.8. The van der Waals surface area contributed by atoms with Crippen LogP contribution in [0.5, 0.6) is 0 Å². The lowest BCUT2D eigenvalue weighted by atomic mass is 10.2. The first-order valence-electron chi connectivity index (χ1n) is 9.41. The fraction of sp³-hybridized carbons (Fsp3) is 1.00. The summed E-state index contributed by atoms with van der Waals surface area (Å²) in [5, 5.41) is 0. The lowest BCUT2D eigenvalue weighted by Crippen LogP contribution is -2.32. The zero-order chi connectivity index (χ0) is 17.9. The van der Waals surface area contributed by atoms with Gasteiger partial charge in [-0.3, -0.25) is 8.42 Å². The molecule has 0 spiro atoms. The Kier molecular flexibility index (Phi) is 10.7. The van der Waals surface area contributed by atoms with Gasteiger partial charge in [-0.05, 0) is 44.9 Å². The van der Waals surface area contributed by atoms with E-state index in [-0.39, 0.29) is 12.6 Å². The van der Waals surface area contributed by atoms with E-state index in [0.29, 0.717) is 36.9 Å². The second-order valence-electron chi connectivity index (χ2n) is 6.33. The Morgan fingerprint density at radius 1 is 1.00 bits per heavy atom. The van der Waals surface area contributed by atoms with Crippen LogP contribution in [0.15, 0.2) is 0 Å². The van der Waals surface area contributed by atoms with Crippen molar-refractivity contribution in [2.45, 2.75) is 69.9 Å². The highest BCUT2D eigenvalue weighted by Gasteiger charge is 2.24. The van der Waals surface area contributed by atoms with E-state index in [1.54, 1.807) is 0 Å². The van der Waals surface area contributed by atoms with E-state index in [1.165, 1.54) is 0 Å². The molecule has 148 valence electrons. The van der Waals surface area contributed by atoms with E-state index in [4.69, 9.17) is 18.9 Å². The molecule has 5 atom stereocenters. The van der Waals surface area contributed by atoms with Crippen LogP contribution in [-0.4, -0.2) is 63.5 Å². The van der Waals surface area contributed by atoms with Crippen molar-refractivity contribution in [2.24, 2.45) is 0 Å². The van der Waals surface area contributed by atoms with E-state index < -0.39 is 27.0 Å². The predicted molar refractivity (Wildman–Crippen MR) is 99.2 cm³/mol. The van der Waals surface area contributed by atoms with E-state index in [0.717, 1.165) is 45.1 Å². The molecule has 2 rings (SSSR count). The monoisotopic (exact) mass is 396 g/mol. The van der Waals surface area contributed by atoms with E-state index in [9.17, 15) is 8.42 Å². The van der Waals surface area contributed by atoms with Gasteiger partial charge in [0.1, 0.15) is 5.44 Å². The first kappa shape index (κ1) is 21.4. The molecule has 0 amide bonds. The van der Waals surface area contributed by atoms with Crippen molar-refractivity contribution in [3.63, 3.8) is 0 Å². The second-order valence-corrected chi connectivity index (χ2v) is 9.90. The molecule has 25 heavy (non-hydrogen) atoms. The summed E-state index contributed by atoms with van der Waals surface area (Å²) in [4.78, 5) is 0. The topological polar surface area (TPSA) is 71.1 Å². The summed E-state index contributed by atoms with van der Waals surface area (Å²) in [6, 6.07) is 0. The Balaban J connectivity index is 1.65. The van der Waals surface area contributed by atoms with Gasteiger partial charge in [-0.25, -0.2) is 0 Å². The molecule has 0 radical (unpaired) electrons. The Morgan fingerprint density at radius 3 is 2.28 bits per heavy atom.